The van der Waals surface area contributed by atoms with Gasteiger partial charge in [-0.25, -0.2) is 4.79 Å². The van der Waals surface area contributed by atoms with Gasteiger partial charge in [0.1, 0.15) is 6.04 Å². The summed E-state index contributed by atoms with van der Waals surface area (Å²) < 4.78 is 4.80. The Morgan fingerprint density at radius 1 is 1.26 bits per heavy atom. The minimum Gasteiger partial charge on any atom is -0.467 e. The SMILES string of the molecule is COC(=O)[C@H]1CCCCN1C(=O)c1ccccc1C. The maximum atomic E-state index is 12.6. The molecule has 102 valence electrons. The molecule has 0 aromatic heterocycles. The molecule has 1 aliphatic heterocycles. The van der Waals surface area contributed by atoms with Crippen molar-refractivity contribution in [3.63, 3.8) is 0 Å². The maximum absolute atomic E-state index is 12.6. The highest BCUT2D eigenvalue weighted by Crippen LogP contribution is 2.21. The highest BCUT2D eigenvalue weighted by atomic mass is 16.5. The van der Waals surface area contributed by atoms with Crippen molar-refractivity contribution in [1.82, 2.24) is 4.90 Å². The summed E-state index contributed by atoms with van der Waals surface area (Å²) in [5, 5.41) is 0. The van der Waals surface area contributed by atoms with E-state index in [4.69, 9.17) is 4.74 Å². The zero-order valence-electron chi connectivity index (χ0n) is 11.4. The van der Waals surface area contributed by atoms with Gasteiger partial charge in [-0.05, 0) is 37.8 Å². The largest absolute Gasteiger partial charge is 0.467 e. The molecule has 0 saturated carbocycles. The topological polar surface area (TPSA) is 46.6 Å². The van der Waals surface area contributed by atoms with Crippen LogP contribution in [0.25, 0.3) is 0 Å². The molecule has 1 amide bonds. The van der Waals surface area contributed by atoms with Crippen LogP contribution in [0.4, 0.5) is 0 Å². The molecule has 1 aromatic carbocycles. The fraction of sp³-hybridized carbons (Fsp3) is 0.467. The van der Waals surface area contributed by atoms with E-state index in [2.05, 4.69) is 0 Å². The van der Waals surface area contributed by atoms with E-state index in [1.54, 1.807) is 11.0 Å². The predicted molar refractivity (Wildman–Crippen MR) is 71.9 cm³/mol. The molecule has 4 heteroatoms. The number of ether oxygens (including phenoxy) is 1. The summed E-state index contributed by atoms with van der Waals surface area (Å²) in [7, 11) is 1.37. The Morgan fingerprint density at radius 2 is 2.00 bits per heavy atom. The molecule has 19 heavy (non-hydrogen) atoms. The summed E-state index contributed by atoms with van der Waals surface area (Å²) in [4.78, 5) is 26.0. The lowest BCUT2D eigenvalue weighted by molar-refractivity contribution is -0.147. The second-order valence-corrected chi connectivity index (χ2v) is 4.85. The van der Waals surface area contributed by atoms with Gasteiger partial charge < -0.3 is 9.64 Å². The van der Waals surface area contributed by atoms with E-state index in [0.29, 0.717) is 18.5 Å². The number of carbonyl (C=O) groups is 2. The number of benzene rings is 1. The number of amides is 1. The van der Waals surface area contributed by atoms with Crippen LogP contribution in [0, 0.1) is 6.92 Å². The molecule has 0 unspecified atom stereocenters. The van der Waals surface area contributed by atoms with Crippen molar-refractivity contribution in [3.8, 4) is 0 Å². The summed E-state index contributed by atoms with van der Waals surface area (Å²) in [5.74, 6) is -0.394. The number of hydrogen-bond donors (Lipinski definition) is 0. The van der Waals surface area contributed by atoms with E-state index in [0.717, 1.165) is 18.4 Å². The van der Waals surface area contributed by atoms with Crippen molar-refractivity contribution in [2.24, 2.45) is 0 Å². The molecule has 0 bridgehead atoms. The lowest BCUT2D eigenvalue weighted by Gasteiger charge is -2.34. The molecule has 2 rings (SSSR count). The van der Waals surface area contributed by atoms with E-state index >= 15 is 0 Å². The third-order valence-electron chi connectivity index (χ3n) is 3.61. The molecule has 1 fully saturated rings. The van der Waals surface area contributed by atoms with Gasteiger partial charge in [0, 0.05) is 12.1 Å². The summed E-state index contributed by atoms with van der Waals surface area (Å²) in [6.45, 7) is 2.53. The molecule has 1 atom stereocenters. The van der Waals surface area contributed by atoms with Gasteiger partial charge in [-0.2, -0.15) is 0 Å². The number of hydrogen-bond acceptors (Lipinski definition) is 3. The zero-order chi connectivity index (χ0) is 13.8. The van der Waals surface area contributed by atoms with Crippen LogP contribution in [0.3, 0.4) is 0 Å². The van der Waals surface area contributed by atoms with E-state index in [9.17, 15) is 9.59 Å². The second kappa shape index (κ2) is 5.87. The first-order valence-electron chi connectivity index (χ1n) is 6.59. The Kier molecular flexibility index (Phi) is 4.20. The van der Waals surface area contributed by atoms with Crippen LogP contribution in [-0.4, -0.2) is 36.5 Å². The van der Waals surface area contributed by atoms with Gasteiger partial charge in [0.2, 0.25) is 0 Å². The zero-order valence-corrected chi connectivity index (χ0v) is 11.4. The Labute approximate surface area is 113 Å². The molecule has 1 saturated heterocycles. The fourth-order valence-electron chi connectivity index (χ4n) is 2.52. The van der Waals surface area contributed by atoms with Gasteiger partial charge in [-0.1, -0.05) is 18.2 Å². The van der Waals surface area contributed by atoms with Crippen molar-refractivity contribution in [2.45, 2.75) is 32.2 Å². The van der Waals surface area contributed by atoms with Crippen LogP contribution in [0.2, 0.25) is 0 Å². The van der Waals surface area contributed by atoms with E-state index in [-0.39, 0.29) is 11.9 Å². The van der Waals surface area contributed by atoms with Gasteiger partial charge in [0.25, 0.3) is 5.91 Å². The van der Waals surface area contributed by atoms with E-state index in [1.807, 2.05) is 25.1 Å². The summed E-state index contributed by atoms with van der Waals surface area (Å²) in [6, 6.07) is 7.02. The smallest absolute Gasteiger partial charge is 0.328 e. The first-order valence-corrected chi connectivity index (χ1v) is 6.59. The van der Waals surface area contributed by atoms with Gasteiger partial charge in [-0.15, -0.1) is 0 Å². The van der Waals surface area contributed by atoms with E-state index in [1.165, 1.54) is 7.11 Å². The quantitative estimate of drug-likeness (QED) is 0.766. The highest BCUT2D eigenvalue weighted by Gasteiger charge is 2.33. The summed E-state index contributed by atoms with van der Waals surface area (Å²) >= 11 is 0. The fourth-order valence-corrected chi connectivity index (χ4v) is 2.52. The number of methoxy groups -OCH3 is 1. The number of aryl methyl sites for hydroxylation is 1. The molecule has 0 radical (unpaired) electrons. The lowest BCUT2D eigenvalue weighted by Crippen LogP contribution is -2.48. The van der Waals surface area contributed by atoms with Crippen molar-refractivity contribution >= 4 is 11.9 Å². The monoisotopic (exact) mass is 261 g/mol. The number of carbonyl (C=O) groups excluding carboxylic acids is 2. The van der Waals surface area contributed by atoms with Crippen molar-refractivity contribution in [1.29, 1.82) is 0 Å². The maximum Gasteiger partial charge on any atom is 0.328 e. The first-order chi connectivity index (χ1) is 9.15. The Balaban J connectivity index is 2.25. The van der Waals surface area contributed by atoms with Gasteiger partial charge in [0.15, 0.2) is 0 Å². The van der Waals surface area contributed by atoms with Gasteiger partial charge in [0.05, 0.1) is 7.11 Å². The van der Waals surface area contributed by atoms with Crippen LogP contribution in [-0.2, 0) is 9.53 Å². The Hall–Kier alpha value is -1.84. The molecule has 0 spiro atoms. The number of piperidine rings is 1. The Morgan fingerprint density at radius 3 is 2.68 bits per heavy atom. The first kappa shape index (κ1) is 13.6. The molecular weight excluding hydrogens is 242 g/mol. The molecule has 0 N–H and O–H groups in total. The molecule has 4 nitrogen and oxygen atoms in total. The van der Waals surface area contributed by atoms with Crippen LogP contribution < -0.4 is 0 Å². The Bertz CT molecular complexity index is 484. The number of nitrogens with zero attached hydrogens (tertiary/aromatic N) is 1. The van der Waals surface area contributed by atoms with Gasteiger partial charge >= 0.3 is 5.97 Å². The standard InChI is InChI=1S/C15H19NO3/c1-11-7-3-4-8-12(11)14(17)16-10-6-5-9-13(16)15(18)19-2/h3-4,7-8,13H,5-6,9-10H2,1-2H3/t13-/m1/s1. The van der Waals surface area contributed by atoms with E-state index < -0.39 is 6.04 Å². The number of likely N-dealkylation sites (tertiary alicyclic amines) is 1. The predicted octanol–water partition coefficient (Wildman–Crippen LogP) is 2.16. The van der Waals surface area contributed by atoms with Crippen LogP contribution in [0.5, 0.6) is 0 Å². The van der Waals surface area contributed by atoms with Crippen LogP contribution in [0.1, 0.15) is 35.2 Å². The molecular formula is C15H19NO3. The summed E-state index contributed by atoms with van der Waals surface area (Å²) in [5.41, 5.74) is 1.60. The van der Waals surface area contributed by atoms with Crippen LogP contribution in [0.15, 0.2) is 24.3 Å². The second-order valence-electron chi connectivity index (χ2n) is 4.85. The number of rotatable bonds is 2. The number of esters is 1. The highest BCUT2D eigenvalue weighted by molar-refractivity contribution is 5.98. The molecule has 1 aromatic rings. The average molecular weight is 261 g/mol. The minimum absolute atomic E-state index is 0.0757. The van der Waals surface area contributed by atoms with Gasteiger partial charge in [-0.3, -0.25) is 4.79 Å². The molecule has 1 heterocycles. The third-order valence-corrected chi connectivity index (χ3v) is 3.61. The van der Waals surface area contributed by atoms with Crippen LogP contribution >= 0.6 is 0 Å². The summed E-state index contributed by atoms with van der Waals surface area (Å²) in [6.07, 6.45) is 2.58. The normalized spacial score (nSPS) is 19.1. The van der Waals surface area contributed by atoms with Crippen molar-refractivity contribution in [3.05, 3.63) is 35.4 Å². The molecule has 1 aliphatic rings. The van der Waals surface area contributed by atoms with Crippen molar-refractivity contribution < 1.29 is 14.3 Å². The minimum atomic E-state index is -0.439. The average Bonchev–Trinajstić information content (AvgIpc) is 2.46. The molecule has 0 aliphatic carbocycles. The lowest BCUT2D eigenvalue weighted by atomic mass is 9.99. The third kappa shape index (κ3) is 2.78. The van der Waals surface area contributed by atoms with Crippen molar-refractivity contribution in [2.75, 3.05) is 13.7 Å².